The summed E-state index contributed by atoms with van der Waals surface area (Å²) in [6.07, 6.45) is 0.992. The molecule has 0 aliphatic rings. The number of rotatable bonds is 8. The molecule has 0 atom stereocenters. The predicted octanol–water partition coefficient (Wildman–Crippen LogP) is 4.42. The minimum atomic E-state index is 0.529. The molecule has 1 N–H and O–H groups in total. The fourth-order valence-electron chi connectivity index (χ4n) is 3.39. The van der Waals surface area contributed by atoms with Gasteiger partial charge in [0.25, 0.3) is 0 Å². The molecule has 7 heteroatoms. The van der Waals surface area contributed by atoms with Gasteiger partial charge in [-0.25, -0.2) is 9.97 Å². The first kappa shape index (κ1) is 20.0. The smallest absolute Gasteiger partial charge is 0.198 e. The molecule has 7 nitrogen and oxygen atoms in total. The maximum absolute atomic E-state index is 6.00. The van der Waals surface area contributed by atoms with Crippen LogP contribution < -0.4 is 14.8 Å². The van der Waals surface area contributed by atoms with Crippen LogP contribution in [0.25, 0.3) is 33.5 Å². The second kappa shape index (κ2) is 8.59. The number of fused-ring (bicyclic) bond motifs is 2. The van der Waals surface area contributed by atoms with E-state index in [1.54, 1.807) is 14.2 Å². The van der Waals surface area contributed by atoms with Crippen LogP contribution in [0.4, 0.5) is 5.82 Å². The average Bonchev–Trinajstić information content (AvgIpc) is 3.19. The minimum absolute atomic E-state index is 0.529. The highest BCUT2D eigenvalue weighted by atomic mass is 16.5. The highest BCUT2D eigenvalue weighted by Crippen LogP contribution is 2.36. The molecule has 2 heterocycles. The molecule has 30 heavy (non-hydrogen) atoms. The van der Waals surface area contributed by atoms with Crippen molar-refractivity contribution in [3.8, 4) is 23.1 Å². The van der Waals surface area contributed by atoms with Gasteiger partial charge in [-0.15, -0.1) is 0 Å². The quantitative estimate of drug-likeness (QED) is 0.434. The molecule has 0 spiro atoms. The summed E-state index contributed by atoms with van der Waals surface area (Å²) in [6.45, 7) is 1.78. The Hall–Kier alpha value is -3.32. The van der Waals surface area contributed by atoms with Crippen LogP contribution in [0.3, 0.4) is 0 Å². The van der Waals surface area contributed by atoms with Crippen molar-refractivity contribution in [1.82, 2.24) is 14.9 Å². The fraction of sp³-hybridized carbons (Fsp3) is 0.304. The minimum Gasteiger partial charge on any atom is -0.493 e. The Morgan fingerprint density at radius 2 is 1.77 bits per heavy atom. The Balaban J connectivity index is 1.80. The van der Waals surface area contributed by atoms with Gasteiger partial charge in [-0.3, -0.25) is 0 Å². The van der Waals surface area contributed by atoms with E-state index in [4.69, 9.17) is 23.9 Å². The number of furan rings is 1. The molecule has 0 amide bonds. The predicted molar refractivity (Wildman–Crippen MR) is 120 cm³/mol. The van der Waals surface area contributed by atoms with Gasteiger partial charge in [0.2, 0.25) is 0 Å². The van der Waals surface area contributed by atoms with E-state index in [0.29, 0.717) is 23.1 Å². The summed E-state index contributed by atoms with van der Waals surface area (Å²) in [5, 5.41) is 5.35. The Bertz CT molecular complexity index is 1140. The van der Waals surface area contributed by atoms with Crippen LogP contribution in [-0.2, 0) is 0 Å². The third-order valence-corrected chi connectivity index (χ3v) is 4.92. The van der Waals surface area contributed by atoms with Crippen LogP contribution in [-0.4, -0.2) is 56.3 Å². The first-order valence-corrected chi connectivity index (χ1v) is 9.90. The molecule has 156 valence electrons. The molecule has 0 fully saturated rings. The van der Waals surface area contributed by atoms with Gasteiger partial charge in [0.1, 0.15) is 11.4 Å². The maximum atomic E-state index is 6.00. The highest BCUT2D eigenvalue weighted by Gasteiger charge is 2.16. The van der Waals surface area contributed by atoms with E-state index in [-0.39, 0.29) is 0 Å². The van der Waals surface area contributed by atoms with E-state index in [0.717, 1.165) is 47.2 Å². The third kappa shape index (κ3) is 4.02. The number of anilines is 1. The molecule has 4 rings (SSSR count). The highest BCUT2D eigenvalue weighted by molar-refractivity contribution is 5.93. The number of ether oxygens (including phenoxy) is 2. The molecule has 0 radical (unpaired) electrons. The average molecular weight is 406 g/mol. The molecule has 4 aromatic rings. The number of hydrogen-bond acceptors (Lipinski definition) is 7. The van der Waals surface area contributed by atoms with E-state index in [9.17, 15) is 0 Å². The standard InChI is InChI=1S/C23H26N4O3/c1-27(2)11-7-10-24-22-16-13-19(28-3)20(29-4)14-17(16)25-23(26-22)21-12-15-8-5-6-9-18(15)30-21/h5-6,8-9,12-14H,7,10-11H2,1-4H3,(H,24,25,26). The summed E-state index contributed by atoms with van der Waals surface area (Å²) in [6, 6.07) is 13.6. The Morgan fingerprint density at radius 1 is 1.00 bits per heavy atom. The molecule has 0 saturated heterocycles. The second-order valence-electron chi connectivity index (χ2n) is 7.35. The van der Waals surface area contributed by atoms with Crippen molar-refractivity contribution in [3.63, 3.8) is 0 Å². The van der Waals surface area contributed by atoms with Crippen LogP contribution in [0.1, 0.15) is 6.42 Å². The van der Waals surface area contributed by atoms with E-state index in [1.807, 2.05) is 42.5 Å². The molecular formula is C23H26N4O3. The Kier molecular flexibility index (Phi) is 5.72. The molecule has 0 unspecified atom stereocenters. The zero-order chi connectivity index (χ0) is 21.1. The summed E-state index contributed by atoms with van der Waals surface area (Å²) in [5.41, 5.74) is 1.57. The lowest BCUT2D eigenvalue weighted by atomic mass is 10.2. The van der Waals surface area contributed by atoms with Crippen LogP contribution in [0.15, 0.2) is 46.9 Å². The summed E-state index contributed by atoms with van der Waals surface area (Å²) < 4.78 is 16.9. The van der Waals surface area contributed by atoms with Gasteiger partial charge in [-0.2, -0.15) is 0 Å². The zero-order valence-electron chi connectivity index (χ0n) is 17.7. The number of nitrogens with zero attached hydrogens (tertiary/aromatic N) is 3. The van der Waals surface area contributed by atoms with Crippen molar-refractivity contribution in [1.29, 1.82) is 0 Å². The molecular weight excluding hydrogens is 380 g/mol. The monoisotopic (exact) mass is 406 g/mol. The first-order valence-electron chi connectivity index (χ1n) is 9.90. The lowest BCUT2D eigenvalue weighted by Gasteiger charge is -2.14. The largest absolute Gasteiger partial charge is 0.493 e. The normalized spacial score (nSPS) is 11.4. The Labute approximate surface area is 175 Å². The SMILES string of the molecule is COc1cc2nc(-c3cc4ccccc4o3)nc(NCCCN(C)C)c2cc1OC. The summed E-state index contributed by atoms with van der Waals surface area (Å²) >= 11 is 0. The van der Waals surface area contributed by atoms with E-state index in [2.05, 4.69) is 24.3 Å². The lowest BCUT2D eigenvalue weighted by Crippen LogP contribution is -2.17. The first-order chi connectivity index (χ1) is 14.6. The van der Waals surface area contributed by atoms with Gasteiger partial charge in [-0.1, -0.05) is 18.2 Å². The summed E-state index contributed by atoms with van der Waals surface area (Å²) in [5.74, 6) is 3.17. The van der Waals surface area contributed by atoms with Crippen LogP contribution >= 0.6 is 0 Å². The fourth-order valence-corrected chi connectivity index (χ4v) is 3.39. The third-order valence-electron chi connectivity index (χ3n) is 4.92. The number of methoxy groups -OCH3 is 2. The molecule has 0 saturated carbocycles. The van der Waals surface area contributed by atoms with Crippen molar-refractivity contribution >= 4 is 27.7 Å². The molecule has 0 aliphatic heterocycles. The van der Waals surface area contributed by atoms with Crippen LogP contribution in [0, 0.1) is 0 Å². The zero-order valence-corrected chi connectivity index (χ0v) is 17.7. The number of nitrogens with one attached hydrogen (secondary N) is 1. The van der Waals surface area contributed by atoms with Crippen molar-refractivity contribution < 1.29 is 13.9 Å². The maximum Gasteiger partial charge on any atom is 0.198 e. The van der Waals surface area contributed by atoms with Crippen molar-refractivity contribution in [2.75, 3.05) is 46.7 Å². The number of hydrogen-bond donors (Lipinski definition) is 1. The van der Waals surface area contributed by atoms with Crippen molar-refractivity contribution in [2.24, 2.45) is 0 Å². The lowest BCUT2D eigenvalue weighted by molar-refractivity contribution is 0.356. The van der Waals surface area contributed by atoms with Crippen LogP contribution in [0.2, 0.25) is 0 Å². The van der Waals surface area contributed by atoms with Gasteiger partial charge < -0.3 is 24.1 Å². The van der Waals surface area contributed by atoms with E-state index in [1.165, 1.54) is 0 Å². The van der Waals surface area contributed by atoms with Gasteiger partial charge in [0.15, 0.2) is 23.1 Å². The number of benzene rings is 2. The van der Waals surface area contributed by atoms with Gasteiger partial charge in [0.05, 0.1) is 19.7 Å². The number of para-hydroxylation sites is 1. The number of aromatic nitrogens is 2. The van der Waals surface area contributed by atoms with Gasteiger partial charge in [0, 0.05) is 23.4 Å². The Morgan fingerprint density at radius 3 is 2.50 bits per heavy atom. The molecule has 0 aliphatic carbocycles. The summed E-state index contributed by atoms with van der Waals surface area (Å²) in [4.78, 5) is 11.7. The summed E-state index contributed by atoms with van der Waals surface area (Å²) in [7, 11) is 7.37. The topological polar surface area (TPSA) is 72.7 Å². The van der Waals surface area contributed by atoms with Gasteiger partial charge in [-0.05, 0) is 45.3 Å². The van der Waals surface area contributed by atoms with E-state index >= 15 is 0 Å². The molecule has 0 bridgehead atoms. The second-order valence-corrected chi connectivity index (χ2v) is 7.35. The molecule has 2 aromatic heterocycles. The molecule has 2 aromatic carbocycles. The van der Waals surface area contributed by atoms with Crippen LogP contribution in [0.5, 0.6) is 11.5 Å². The van der Waals surface area contributed by atoms with Crippen molar-refractivity contribution in [2.45, 2.75) is 6.42 Å². The van der Waals surface area contributed by atoms with E-state index < -0.39 is 0 Å². The van der Waals surface area contributed by atoms with Gasteiger partial charge >= 0.3 is 0 Å². The van der Waals surface area contributed by atoms with Crippen molar-refractivity contribution in [3.05, 3.63) is 42.5 Å².